The van der Waals surface area contributed by atoms with Gasteiger partial charge >= 0.3 is 6.18 Å². The first kappa shape index (κ1) is 22.2. The van der Waals surface area contributed by atoms with Crippen LogP contribution in [0.3, 0.4) is 0 Å². The van der Waals surface area contributed by atoms with Crippen LogP contribution in [0.4, 0.5) is 13.2 Å². The molecule has 1 amide bonds. The fourth-order valence-electron chi connectivity index (χ4n) is 2.51. The molecule has 10 heteroatoms. The number of rotatable bonds is 7. The number of hydrogen-bond acceptors (Lipinski definition) is 5. The lowest BCUT2D eigenvalue weighted by Gasteiger charge is -2.11. The Kier molecular flexibility index (Phi) is 7.04. The van der Waals surface area contributed by atoms with Crippen LogP contribution in [0.2, 0.25) is 5.02 Å². The molecule has 0 spiro atoms. The van der Waals surface area contributed by atoms with Crippen LogP contribution < -0.4 is 5.32 Å². The summed E-state index contributed by atoms with van der Waals surface area (Å²) in [6, 6.07) is 11.9. The Morgan fingerprint density at radius 1 is 1.23 bits per heavy atom. The lowest BCUT2D eigenvalue weighted by molar-refractivity contribution is -0.137. The Morgan fingerprint density at radius 2 is 2.00 bits per heavy atom. The fourth-order valence-corrected chi connectivity index (χ4v) is 3.45. The first-order valence-corrected chi connectivity index (χ1v) is 10.3. The van der Waals surface area contributed by atoms with Gasteiger partial charge in [0.25, 0.3) is 0 Å². The van der Waals surface area contributed by atoms with Crippen molar-refractivity contribution >= 4 is 29.3 Å². The highest BCUT2D eigenvalue weighted by atomic mass is 35.5. The third kappa shape index (κ3) is 5.76. The van der Waals surface area contributed by atoms with E-state index in [9.17, 15) is 18.0 Å². The van der Waals surface area contributed by atoms with Gasteiger partial charge in [0, 0.05) is 17.1 Å². The van der Waals surface area contributed by atoms with Gasteiger partial charge in [-0.15, -0.1) is 11.8 Å². The van der Waals surface area contributed by atoms with Crippen molar-refractivity contribution in [3.05, 3.63) is 70.6 Å². The molecule has 1 aromatic heterocycles. The molecule has 30 heavy (non-hydrogen) atoms. The minimum atomic E-state index is -4.45. The van der Waals surface area contributed by atoms with Crippen LogP contribution in [0.15, 0.2) is 53.1 Å². The van der Waals surface area contributed by atoms with Gasteiger partial charge in [0.1, 0.15) is 0 Å². The molecule has 0 saturated heterocycles. The Balaban J connectivity index is 1.55. The van der Waals surface area contributed by atoms with Gasteiger partial charge < -0.3 is 9.84 Å². The second-order valence-corrected chi connectivity index (χ2v) is 8.09. The summed E-state index contributed by atoms with van der Waals surface area (Å²) in [6.07, 6.45) is -4.45. The van der Waals surface area contributed by atoms with Crippen LogP contribution >= 0.6 is 23.4 Å². The van der Waals surface area contributed by atoms with E-state index in [1.807, 2.05) is 18.2 Å². The number of carbonyl (C=O) groups excluding carboxylic acids is 1. The molecule has 1 N–H and O–H groups in total. The number of nitrogens with zero attached hydrogens (tertiary/aromatic N) is 2. The van der Waals surface area contributed by atoms with Crippen molar-refractivity contribution in [2.45, 2.75) is 30.6 Å². The van der Waals surface area contributed by atoms with E-state index in [-0.39, 0.29) is 28.9 Å². The zero-order valence-corrected chi connectivity index (χ0v) is 17.3. The molecular weight excluding hydrogens is 439 g/mol. The highest BCUT2D eigenvalue weighted by Gasteiger charge is 2.30. The number of nitrogens with one attached hydrogen (secondary N) is 1. The molecule has 2 aromatic carbocycles. The average molecular weight is 456 g/mol. The number of alkyl halides is 3. The molecule has 0 saturated carbocycles. The molecule has 5 nitrogen and oxygen atoms in total. The van der Waals surface area contributed by atoms with Crippen LogP contribution in [0.25, 0.3) is 11.4 Å². The molecule has 0 aliphatic carbocycles. The summed E-state index contributed by atoms with van der Waals surface area (Å²) in [5.41, 5.74) is 0.229. The summed E-state index contributed by atoms with van der Waals surface area (Å²) in [4.78, 5) is 16.4. The summed E-state index contributed by atoms with van der Waals surface area (Å²) in [5, 5.41) is 6.71. The van der Waals surface area contributed by atoms with Gasteiger partial charge in [-0.05, 0) is 30.7 Å². The highest BCUT2D eigenvalue weighted by molar-refractivity contribution is 7.99. The smallest absolute Gasteiger partial charge is 0.351 e. The quantitative estimate of drug-likeness (QED) is 0.520. The molecule has 3 rings (SSSR count). The molecule has 0 bridgehead atoms. The normalized spacial score (nSPS) is 12.6. The third-order valence-electron chi connectivity index (χ3n) is 4.15. The molecule has 1 heterocycles. The maximum absolute atomic E-state index is 12.9. The highest BCUT2D eigenvalue weighted by Crippen LogP contribution is 2.31. The Labute approximate surface area is 180 Å². The number of halogens is 4. The number of amides is 1. The molecule has 0 fully saturated rings. The molecule has 1 unspecified atom stereocenters. The van der Waals surface area contributed by atoms with E-state index < -0.39 is 17.0 Å². The maximum Gasteiger partial charge on any atom is 0.416 e. The van der Waals surface area contributed by atoms with Crippen LogP contribution in [-0.4, -0.2) is 21.3 Å². The Hall–Kier alpha value is -2.52. The van der Waals surface area contributed by atoms with E-state index in [1.165, 1.54) is 23.9 Å². The maximum atomic E-state index is 12.9. The van der Waals surface area contributed by atoms with E-state index in [0.717, 1.165) is 17.7 Å². The predicted molar refractivity (Wildman–Crippen MR) is 109 cm³/mol. The van der Waals surface area contributed by atoms with Gasteiger partial charge in [0.05, 0.1) is 16.6 Å². The lowest BCUT2D eigenvalue weighted by Crippen LogP contribution is -2.30. The summed E-state index contributed by atoms with van der Waals surface area (Å²) < 4.78 is 43.7. The van der Waals surface area contributed by atoms with Gasteiger partial charge in [-0.3, -0.25) is 4.79 Å². The average Bonchev–Trinajstić information content (AvgIpc) is 3.20. The van der Waals surface area contributed by atoms with Gasteiger partial charge in [-0.1, -0.05) is 47.1 Å². The second-order valence-electron chi connectivity index (χ2n) is 6.35. The minimum Gasteiger partial charge on any atom is -0.351 e. The molecule has 3 aromatic rings. The number of benzene rings is 2. The predicted octanol–water partition coefficient (Wildman–Crippen LogP) is 5.35. The summed E-state index contributed by atoms with van der Waals surface area (Å²) >= 11 is 7.34. The first-order valence-electron chi connectivity index (χ1n) is 8.87. The Morgan fingerprint density at radius 3 is 2.73 bits per heavy atom. The van der Waals surface area contributed by atoms with Crippen molar-refractivity contribution in [1.82, 2.24) is 15.5 Å². The van der Waals surface area contributed by atoms with Crippen LogP contribution in [0, 0.1) is 0 Å². The number of aromatic nitrogens is 2. The zero-order chi connectivity index (χ0) is 21.7. The van der Waals surface area contributed by atoms with Crippen molar-refractivity contribution in [2.24, 2.45) is 0 Å². The SMILES string of the molecule is CC(SCc1nc(-c2cccc(C(F)(F)F)c2)no1)C(=O)NCc1ccccc1Cl. The largest absolute Gasteiger partial charge is 0.416 e. The summed E-state index contributed by atoms with van der Waals surface area (Å²) in [5.74, 6) is 0.343. The monoisotopic (exact) mass is 455 g/mol. The number of hydrogen-bond donors (Lipinski definition) is 1. The summed E-state index contributed by atoms with van der Waals surface area (Å²) in [6.45, 7) is 2.04. The van der Waals surface area contributed by atoms with Crippen LogP contribution in [-0.2, 0) is 23.3 Å². The molecule has 158 valence electrons. The van der Waals surface area contributed by atoms with Crippen molar-refractivity contribution in [3.63, 3.8) is 0 Å². The second kappa shape index (κ2) is 9.53. The molecule has 0 aliphatic rings. The van der Waals surface area contributed by atoms with Crippen LogP contribution in [0.5, 0.6) is 0 Å². The van der Waals surface area contributed by atoms with E-state index in [1.54, 1.807) is 13.0 Å². The molecule has 1 atom stereocenters. The fraction of sp³-hybridized carbons (Fsp3) is 0.250. The Bertz CT molecular complexity index is 1030. The topological polar surface area (TPSA) is 68.0 Å². The first-order chi connectivity index (χ1) is 14.2. The zero-order valence-electron chi connectivity index (χ0n) is 15.7. The van der Waals surface area contributed by atoms with Gasteiger partial charge in [0.15, 0.2) is 0 Å². The van der Waals surface area contributed by atoms with Crippen molar-refractivity contribution in [1.29, 1.82) is 0 Å². The third-order valence-corrected chi connectivity index (χ3v) is 5.65. The molecular formula is C20H17ClF3N3O2S. The lowest BCUT2D eigenvalue weighted by atomic mass is 10.1. The minimum absolute atomic E-state index is 0.0625. The number of carbonyl (C=O) groups is 1. The van der Waals surface area contributed by atoms with E-state index in [0.29, 0.717) is 11.6 Å². The van der Waals surface area contributed by atoms with Gasteiger partial charge in [-0.2, -0.15) is 18.2 Å². The van der Waals surface area contributed by atoms with E-state index in [4.69, 9.17) is 16.1 Å². The van der Waals surface area contributed by atoms with Crippen molar-refractivity contribution < 1.29 is 22.5 Å². The van der Waals surface area contributed by atoms with Crippen molar-refractivity contribution in [3.8, 4) is 11.4 Å². The van der Waals surface area contributed by atoms with Crippen molar-refractivity contribution in [2.75, 3.05) is 0 Å². The van der Waals surface area contributed by atoms with Gasteiger partial charge in [-0.25, -0.2) is 0 Å². The van der Waals surface area contributed by atoms with E-state index >= 15 is 0 Å². The standard InChI is InChI=1S/C20H17ClF3N3O2S/c1-12(19(28)25-10-14-5-2-3-8-16(14)21)30-11-17-26-18(27-29-17)13-6-4-7-15(9-13)20(22,23)24/h2-9,12H,10-11H2,1H3,(H,25,28). The molecule has 0 radical (unpaired) electrons. The summed E-state index contributed by atoms with van der Waals surface area (Å²) in [7, 11) is 0. The van der Waals surface area contributed by atoms with Gasteiger partial charge in [0.2, 0.25) is 17.6 Å². The number of thioether (sulfide) groups is 1. The van der Waals surface area contributed by atoms with E-state index in [2.05, 4.69) is 15.5 Å². The van der Waals surface area contributed by atoms with Crippen LogP contribution in [0.1, 0.15) is 23.9 Å². The molecule has 0 aliphatic heterocycles.